The molecule has 0 aromatic heterocycles. The van der Waals surface area contributed by atoms with Crippen molar-refractivity contribution in [3.63, 3.8) is 0 Å². The van der Waals surface area contributed by atoms with E-state index in [1.165, 1.54) is 23.1 Å². The summed E-state index contributed by atoms with van der Waals surface area (Å²) < 4.78 is 80.5. The Bertz CT molecular complexity index is 879. The maximum absolute atomic E-state index is 13.4. The van der Waals surface area contributed by atoms with Gasteiger partial charge in [0.05, 0.1) is 11.6 Å². The van der Waals surface area contributed by atoms with Gasteiger partial charge in [-0.3, -0.25) is 4.90 Å². The molecule has 0 aliphatic carbocycles. The molecule has 0 N–H and O–H groups in total. The van der Waals surface area contributed by atoms with E-state index in [0.717, 1.165) is 18.2 Å². The summed E-state index contributed by atoms with van der Waals surface area (Å²) in [6, 6.07) is 5.91. The van der Waals surface area contributed by atoms with Crippen LogP contribution in [0.3, 0.4) is 0 Å². The molecule has 1 heterocycles. The molecule has 0 fully saturated rings. The largest absolute Gasteiger partial charge is 0.573 e. The Hall–Kier alpha value is -2.26. The number of halogens is 7. The van der Waals surface area contributed by atoms with E-state index in [4.69, 9.17) is 11.6 Å². The Balaban J connectivity index is 1.85. The lowest BCUT2D eigenvalue weighted by atomic mass is 9.98. The molecule has 2 aromatic carbocycles. The summed E-state index contributed by atoms with van der Waals surface area (Å²) in [6.45, 7) is 0.0997. The van der Waals surface area contributed by atoms with Crippen molar-refractivity contribution in [2.24, 2.45) is 0 Å². The fourth-order valence-electron chi connectivity index (χ4n) is 3.23. The van der Waals surface area contributed by atoms with Crippen LogP contribution in [0.4, 0.5) is 26.3 Å². The summed E-state index contributed by atoms with van der Waals surface area (Å²) in [5.74, 6) is -0.418. The first-order valence-electron chi connectivity index (χ1n) is 7.91. The molecule has 0 saturated carbocycles. The lowest BCUT2D eigenvalue weighted by Gasteiger charge is -2.22. The van der Waals surface area contributed by atoms with Gasteiger partial charge in [-0.05, 0) is 41.0 Å². The van der Waals surface area contributed by atoms with Gasteiger partial charge in [-0.1, -0.05) is 23.7 Å². The molecule has 0 bridgehead atoms. The molecular weight excluding hydrogens is 412 g/mol. The highest BCUT2D eigenvalue weighted by atomic mass is 35.5. The minimum absolute atomic E-state index is 0.0448. The number of hydrogen-bond acceptors (Lipinski definition) is 3. The molecule has 1 unspecified atom stereocenters. The molecule has 10 heteroatoms. The Kier molecular flexibility index (Phi) is 5.33. The van der Waals surface area contributed by atoms with Crippen molar-refractivity contribution >= 4 is 17.9 Å². The van der Waals surface area contributed by atoms with Gasteiger partial charge >= 0.3 is 12.5 Å². The van der Waals surface area contributed by atoms with Crippen LogP contribution in [0, 0.1) is 0 Å². The summed E-state index contributed by atoms with van der Waals surface area (Å²) >= 11 is 5.79. The van der Waals surface area contributed by atoms with Gasteiger partial charge in [-0.25, -0.2) is 0 Å². The van der Waals surface area contributed by atoms with Crippen LogP contribution < -0.4 is 4.74 Å². The van der Waals surface area contributed by atoms with Gasteiger partial charge in [-0.2, -0.15) is 13.2 Å². The van der Waals surface area contributed by atoms with Crippen molar-refractivity contribution in [3.8, 4) is 5.75 Å². The minimum atomic E-state index is -4.83. The molecule has 0 radical (unpaired) electrons. The molecule has 0 amide bonds. The topological polar surface area (TPSA) is 29.5 Å². The number of alkyl halides is 6. The van der Waals surface area contributed by atoms with Crippen LogP contribution >= 0.6 is 11.6 Å². The molecule has 150 valence electrons. The second kappa shape index (κ2) is 7.29. The van der Waals surface area contributed by atoms with Crippen LogP contribution in [0.25, 0.3) is 0 Å². The van der Waals surface area contributed by atoms with Gasteiger partial charge in [0.25, 0.3) is 0 Å². The van der Waals surface area contributed by atoms with Gasteiger partial charge in [0.1, 0.15) is 12.0 Å². The lowest BCUT2D eigenvalue weighted by Crippen LogP contribution is -2.24. The first-order valence-corrected chi connectivity index (χ1v) is 8.29. The zero-order valence-corrected chi connectivity index (χ0v) is 14.7. The van der Waals surface area contributed by atoms with Crippen LogP contribution in [0.1, 0.15) is 28.3 Å². The van der Waals surface area contributed by atoms with Crippen molar-refractivity contribution in [3.05, 3.63) is 63.7 Å². The third-order valence-corrected chi connectivity index (χ3v) is 4.49. The van der Waals surface area contributed by atoms with E-state index in [1.54, 1.807) is 0 Å². The van der Waals surface area contributed by atoms with Crippen molar-refractivity contribution in [1.29, 1.82) is 0 Å². The number of aldehydes is 1. The van der Waals surface area contributed by atoms with Gasteiger partial charge in [0, 0.05) is 18.1 Å². The highest BCUT2D eigenvalue weighted by Gasteiger charge is 2.41. The Morgan fingerprint density at radius 3 is 2.29 bits per heavy atom. The second-order valence-corrected chi connectivity index (χ2v) is 6.64. The van der Waals surface area contributed by atoms with Gasteiger partial charge in [0.15, 0.2) is 0 Å². The lowest BCUT2D eigenvalue weighted by molar-refractivity contribution is -0.274. The average Bonchev–Trinajstić information content (AvgIpc) is 2.90. The summed E-state index contributed by atoms with van der Waals surface area (Å²) in [4.78, 5) is 13.0. The molecule has 1 aliphatic rings. The van der Waals surface area contributed by atoms with E-state index in [-0.39, 0.29) is 29.2 Å². The van der Waals surface area contributed by atoms with Crippen molar-refractivity contribution in [2.45, 2.75) is 31.7 Å². The number of carbonyl (C=O) groups excluding carboxylic acids is 1. The fraction of sp³-hybridized carbons (Fsp3) is 0.278. The Morgan fingerprint density at radius 2 is 1.75 bits per heavy atom. The van der Waals surface area contributed by atoms with E-state index < -0.39 is 29.9 Å². The third-order valence-electron chi connectivity index (χ3n) is 4.27. The van der Waals surface area contributed by atoms with Gasteiger partial charge in [0.2, 0.25) is 0 Å². The Labute approximate surface area is 160 Å². The van der Waals surface area contributed by atoms with Crippen LogP contribution in [0.15, 0.2) is 36.4 Å². The molecule has 0 saturated heterocycles. The van der Waals surface area contributed by atoms with Crippen molar-refractivity contribution in [2.75, 3.05) is 0 Å². The first kappa shape index (κ1) is 20.5. The van der Waals surface area contributed by atoms with E-state index in [9.17, 15) is 31.1 Å². The number of carbonyl (C=O) groups is 1. The SMILES string of the molecule is O=CC1c2c(cc(Cl)cc2C(F)(F)F)CN1Cc1ccc(OC(F)(F)F)cc1. The van der Waals surface area contributed by atoms with Crippen LogP contribution in [0.5, 0.6) is 5.75 Å². The van der Waals surface area contributed by atoms with Crippen LogP contribution in [0.2, 0.25) is 5.02 Å². The van der Waals surface area contributed by atoms with Gasteiger partial charge < -0.3 is 9.53 Å². The number of fused-ring (bicyclic) bond motifs is 1. The predicted octanol–water partition coefficient (Wildman–Crippen LogP) is 5.51. The molecule has 1 aliphatic heterocycles. The molecule has 28 heavy (non-hydrogen) atoms. The molecule has 3 nitrogen and oxygen atoms in total. The summed E-state index contributed by atoms with van der Waals surface area (Å²) in [5.41, 5.74) is -0.324. The quantitative estimate of drug-likeness (QED) is 0.479. The van der Waals surface area contributed by atoms with E-state index >= 15 is 0 Å². The fourth-order valence-corrected chi connectivity index (χ4v) is 3.47. The minimum Gasteiger partial charge on any atom is -0.406 e. The zero-order chi connectivity index (χ0) is 20.7. The molecule has 2 aromatic rings. The average molecular weight is 424 g/mol. The number of nitrogens with zero attached hydrogens (tertiary/aromatic N) is 1. The zero-order valence-electron chi connectivity index (χ0n) is 13.9. The smallest absolute Gasteiger partial charge is 0.406 e. The molecular formula is C18H12ClF6NO2. The highest BCUT2D eigenvalue weighted by Crippen LogP contribution is 2.44. The summed E-state index contributed by atoms with van der Waals surface area (Å²) in [5, 5.41) is -0.0915. The van der Waals surface area contributed by atoms with E-state index in [0.29, 0.717) is 11.8 Å². The normalized spacial score (nSPS) is 17.5. The highest BCUT2D eigenvalue weighted by molar-refractivity contribution is 6.30. The van der Waals surface area contributed by atoms with E-state index in [2.05, 4.69) is 4.74 Å². The maximum Gasteiger partial charge on any atom is 0.573 e. The monoisotopic (exact) mass is 423 g/mol. The first-order chi connectivity index (χ1) is 13.0. The summed E-state index contributed by atoms with van der Waals surface area (Å²) in [7, 11) is 0. The van der Waals surface area contributed by atoms with Gasteiger partial charge in [-0.15, -0.1) is 13.2 Å². The third kappa shape index (κ3) is 4.41. The van der Waals surface area contributed by atoms with Crippen LogP contribution in [-0.4, -0.2) is 17.5 Å². The summed E-state index contributed by atoms with van der Waals surface area (Å²) in [6.07, 6.45) is -9.09. The Morgan fingerprint density at radius 1 is 1.11 bits per heavy atom. The van der Waals surface area contributed by atoms with Crippen molar-refractivity contribution < 1.29 is 35.9 Å². The number of benzene rings is 2. The predicted molar refractivity (Wildman–Crippen MR) is 87.6 cm³/mol. The standard InChI is InChI=1S/C18H12ClF6NO2/c19-12-5-11-8-26(15(9-27)16(11)14(6-12)17(20,21)22)7-10-1-3-13(4-2-10)28-18(23,24)25/h1-6,9,15H,7-8H2. The second-order valence-electron chi connectivity index (χ2n) is 6.20. The maximum atomic E-state index is 13.4. The number of hydrogen-bond donors (Lipinski definition) is 0. The van der Waals surface area contributed by atoms with Crippen molar-refractivity contribution in [1.82, 2.24) is 4.90 Å². The molecule has 1 atom stereocenters. The number of ether oxygens (including phenoxy) is 1. The molecule has 3 rings (SSSR count). The number of rotatable bonds is 4. The molecule has 0 spiro atoms. The van der Waals surface area contributed by atoms with Crippen LogP contribution in [-0.2, 0) is 24.1 Å². The van der Waals surface area contributed by atoms with E-state index in [1.807, 2.05) is 0 Å².